The van der Waals surface area contributed by atoms with Crippen molar-refractivity contribution >= 4 is 0 Å². The molecule has 2 unspecified atom stereocenters. The highest BCUT2D eigenvalue weighted by Gasteiger charge is 2.14. The molecule has 1 aromatic carbocycles. The molecule has 0 bridgehead atoms. The number of aliphatic hydroxyl groups is 1. The molecule has 0 aromatic heterocycles. The minimum absolute atomic E-state index is 0.248. The number of hydrogen-bond acceptors (Lipinski definition) is 2. The van der Waals surface area contributed by atoms with Crippen LogP contribution in [0.5, 0.6) is 0 Å². The third-order valence-corrected chi connectivity index (χ3v) is 3.28. The highest BCUT2D eigenvalue weighted by atomic mass is 16.3. The molecule has 1 aliphatic rings. The van der Waals surface area contributed by atoms with E-state index in [1.54, 1.807) is 0 Å². The Morgan fingerprint density at radius 2 is 2.12 bits per heavy atom. The fraction of sp³-hybridized carbons (Fsp3) is 0.571. The molecular weight excluding hydrogens is 198 g/mol. The van der Waals surface area contributed by atoms with Crippen molar-refractivity contribution in [1.29, 1.82) is 0 Å². The molecule has 16 heavy (non-hydrogen) atoms. The molecule has 88 valence electrons. The summed E-state index contributed by atoms with van der Waals surface area (Å²) in [6.45, 7) is 4.10. The summed E-state index contributed by atoms with van der Waals surface area (Å²) in [5, 5.41) is 12.8. The summed E-state index contributed by atoms with van der Waals surface area (Å²) in [5.74, 6) is 0.675. The molecule has 0 radical (unpaired) electrons. The maximum Gasteiger partial charge on any atom is 0.0552 e. The van der Waals surface area contributed by atoms with E-state index in [0.29, 0.717) is 5.92 Å². The average molecular weight is 219 g/mol. The van der Waals surface area contributed by atoms with E-state index in [1.807, 2.05) is 6.92 Å². The van der Waals surface area contributed by atoms with Gasteiger partial charge in [0.2, 0.25) is 0 Å². The molecule has 1 fully saturated rings. The Bertz CT molecular complexity index is 312. The van der Waals surface area contributed by atoms with Crippen LogP contribution in [0.4, 0.5) is 0 Å². The fourth-order valence-corrected chi connectivity index (χ4v) is 2.40. The van der Waals surface area contributed by atoms with Crippen LogP contribution in [0, 0.1) is 0 Å². The Balaban J connectivity index is 2.00. The molecule has 2 nitrogen and oxygen atoms in total. The standard InChI is InChI=1S/C14H21NO/c1-11(16)9-12-4-6-13(7-5-12)14-3-2-8-15-10-14/h4-7,11,14-16H,2-3,8-10H2,1H3. The molecule has 0 aliphatic carbocycles. The van der Waals surface area contributed by atoms with Crippen molar-refractivity contribution < 1.29 is 5.11 Å². The molecule has 0 amide bonds. The quantitative estimate of drug-likeness (QED) is 0.815. The van der Waals surface area contributed by atoms with Crippen molar-refractivity contribution in [3.63, 3.8) is 0 Å². The third-order valence-electron chi connectivity index (χ3n) is 3.28. The van der Waals surface area contributed by atoms with Gasteiger partial charge in [-0.15, -0.1) is 0 Å². The Hall–Kier alpha value is -0.860. The number of rotatable bonds is 3. The number of aliphatic hydroxyl groups excluding tert-OH is 1. The largest absolute Gasteiger partial charge is 0.393 e. The highest BCUT2D eigenvalue weighted by molar-refractivity contribution is 5.26. The van der Waals surface area contributed by atoms with Crippen LogP contribution >= 0.6 is 0 Å². The van der Waals surface area contributed by atoms with Gasteiger partial charge in [-0.25, -0.2) is 0 Å². The summed E-state index contributed by atoms with van der Waals surface area (Å²) in [7, 11) is 0. The minimum Gasteiger partial charge on any atom is -0.393 e. The first-order valence-corrected chi connectivity index (χ1v) is 6.23. The molecule has 0 saturated carbocycles. The first-order valence-electron chi connectivity index (χ1n) is 6.23. The van der Waals surface area contributed by atoms with Crippen molar-refractivity contribution in [3.05, 3.63) is 35.4 Å². The first kappa shape index (κ1) is 11.6. The van der Waals surface area contributed by atoms with E-state index in [-0.39, 0.29) is 6.10 Å². The molecule has 1 aliphatic heterocycles. The fourth-order valence-electron chi connectivity index (χ4n) is 2.40. The zero-order valence-electron chi connectivity index (χ0n) is 9.95. The van der Waals surface area contributed by atoms with Crippen LogP contribution in [0.1, 0.15) is 36.8 Å². The van der Waals surface area contributed by atoms with E-state index < -0.39 is 0 Å². The van der Waals surface area contributed by atoms with Crippen LogP contribution in [-0.4, -0.2) is 24.3 Å². The number of nitrogens with one attached hydrogen (secondary N) is 1. The van der Waals surface area contributed by atoms with Gasteiger partial charge in [0.25, 0.3) is 0 Å². The second-order valence-corrected chi connectivity index (χ2v) is 4.84. The van der Waals surface area contributed by atoms with Crippen LogP contribution < -0.4 is 5.32 Å². The van der Waals surface area contributed by atoms with E-state index in [4.69, 9.17) is 0 Å². The van der Waals surface area contributed by atoms with E-state index in [1.165, 1.54) is 24.0 Å². The summed E-state index contributed by atoms with van der Waals surface area (Å²) < 4.78 is 0. The zero-order valence-corrected chi connectivity index (χ0v) is 9.95. The maximum absolute atomic E-state index is 9.31. The lowest BCUT2D eigenvalue weighted by atomic mass is 9.91. The van der Waals surface area contributed by atoms with Crippen molar-refractivity contribution in [3.8, 4) is 0 Å². The van der Waals surface area contributed by atoms with Crippen LogP contribution in [-0.2, 0) is 6.42 Å². The van der Waals surface area contributed by atoms with Crippen molar-refractivity contribution in [1.82, 2.24) is 5.32 Å². The second kappa shape index (κ2) is 5.46. The molecule has 1 heterocycles. The molecule has 0 spiro atoms. The van der Waals surface area contributed by atoms with Gasteiger partial charge in [0.05, 0.1) is 6.10 Å². The van der Waals surface area contributed by atoms with Gasteiger partial charge < -0.3 is 10.4 Å². The summed E-state index contributed by atoms with van der Waals surface area (Å²) in [4.78, 5) is 0. The van der Waals surface area contributed by atoms with Crippen molar-refractivity contribution in [2.75, 3.05) is 13.1 Å². The summed E-state index contributed by atoms with van der Waals surface area (Å²) in [6, 6.07) is 8.73. The van der Waals surface area contributed by atoms with Crippen molar-refractivity contribution in [2.24, 2.45) is 0 Å². The zero-order chi connectivity index (χ0) is 11.4. The lowest BCUT2D eigenvalue weighted by Crippen LogP contribution is -2.28. The molecule has 2 rings (SSSR count). The van der Waals surface area contributed by atoms with Gasteiger partial charge in [0.15, 0.2) is 0 Å². The molecule has 1 saturated heterocycles. The maximum atomic E-state index is 9.31. The molecule has 2 heteroatoms. The Morgan fingerprint density at radius 3 is 2.69 bits per heavy atom. The van der Waals surface area contributed by atoms with Gasteiger partial charge in [-0.2, -0.15) is 0 Å². The lowest BCUT2D eigenvalue weighted by Gasteiger charge is -2.23. The van der Waals surface area contributed by atoms with Gasteiger partial charge in [0, 0.05) is 6.54 Å². The summed E-state index contributed by atoms with van der Waals surface area (Å²) in [5.41, 5.74) is 2.66. The SMILES string of the molecule is CC(O)Cc1ccc(C2CCCNC2)cc1. The van der Waals surface area contributed by atoms with Gasteiger partial charge in [-0.1, -0.05) is 24.3 Å². The van der Waals surface area contributed by atoms with E-state index in [9.17, 15) is 5.11 Å². The third kappa shape index (κ3) is 3.06. The molecular formula is C14H21NO. The summed E-state index contributed by atoms with van der Waals surface area (Å²) in [6.07, 6.45) is 3.08. The van der Waals surface area contributed by atoms with Gasteiger partial charge in [-0.05, 0) is 49.8 Å². The highest BCUT2D eigenvalue weighted by Crippen LogP contribution is 2.23. The monoisotopic (exact) mass is 219 g/mol. The predicted molar refractivity (Wildman–Crippen MR) is 66.7 cm³/mol. The minimum atomic E-state index is -0.248. The van der Waals surface area contributed by atoms with E-state index in [0.717, 1.165) is 19.5 Å². The van der Waals surface area contributed by atoms with E-state index >= 15 is 0 Å². The predicted octanol–water partition coefficient (Wildman–Crippen LogP) is 2.08. The second-order valence-electron chi connectivity index (χ2n) is 4.84. The normalized spacial score (nSPS) is 23.0. The molecule has 2 N–H and O–H groups in total. The lowest BCUT2D eigenvalue weighted by molar-refractivity contribution is 0.195. The molecule has 2 atom stereocenters. The average Bonchev–Trinajstić information content (AvgIpc) is 2.30. The van der Waals surface area contributed by atoms with Crippen LogP contribution in [0.15, 0.2) is 24.3 Å². The molecule has 1 aromatic rings. The van der Waals surface area contributed by atoms with Gasteiger partial charge >= 0.3 is 0 Å². The van der Waals surface area contributed by atoms with E-state index in [2.05, 4.69) is 29.6 Å². The van der Waals surface area contributed by atoms with Crippen molar-refractivity contribution in [2.45, 2.75) is 38.2 Å². The number of hydrogen-bond donors (Lipinski definition) is 2. The Labute approximate surface area is 97.7 Å². The Kier molecular flexibility index (Phi) is 3.97. The van der Waals surface area contributed by atoms with Gasteiger partial charge in [0.1, 0.15) is 0 Å². The van der Waals surface area contributed by atoms with Crippen LogP contribution in [0.3, 0.4) is 0 Å². The number of benzene rings is 1. The number of piperidine rings is 1. The van der Waals surface area contributed by atoms with Crippen LogP contribution in [0.2, 0.25) is 0 Å². The topological polar surface area (TPSA) is 32.3 Å². The summed E-state index contributed by atoms with van der Waals surface area (Å²) >= 11 is 0. The smallest absolute Gasteiger partial charge is 0.0552 e. The van der Waals surface area contributed by atoms with Crippen LogP contribution in [0.25, 0.3) is 0 Å². The Morgan fingerprint density at radius 1 is 1.38 bits per heavy atom. The van der Waals surface area contributed by atoms with Gasteiger partial charge in [-0.3, -0.25) is 0 Å². The first-order chi connectivity index (χ1) is 7.75.